The van der Waals surface area contributed by atoms with E-state index >= 15 is 0 Å². The van der Waals surface area contributed by atoms with Gasteiger partial charge in [-0.3, -0.25) is 0 Å². The minimum absolute atomic E-state index is 0.247. The van der Waals surface area contributed by atoms with Crippen molar-refractivity contribution < 1.29 is 26.3 Å². The van der Waals surface area contributed by atoms with Crippen LogP contribution in [0.1, 0.15) is 124 Å². The maximum atomic E-state index is 13.9. The molecule has 0 amide bonds. The number of fused-ring (bicyclic) bond motifs is 14. The van der Waals surface area contributed by atoms with Crippen molar-refractivity contribution in [3.05, 3.63) is 251 Å². The predicted molar refractivity (Wildman–Crippen MR) is 325 cm³/mol. The lowest BCUT2D eigenvalue weighted by atomic mass is 9.61. The number of benzene rings is 10. The fourth-order valence-electron chi connectivity index (χ4n) is 16.8. The van der Waals surface area contributed by atoms with Crippen LogP contribution in [0.2, 0.25) is 0 Å². The van der Waals surface area contributed by atoms with Crippen LogP contribution in [0, 0.1) is 0 Å². The summed E-state index contributed by atoms with van der Waals surface area (Å²) < 4.78 is 83.2. The van der Waals surface area contributed by atoms with Gasteiger partial charge in [0.05, 0.1) is 27.6 Å². The number of rotatable bonds is 6. The van der Waals surface area contributed by atoms with Crippen LogP contribution >= 0.6 is 0 Å². The summed E-state index contributed by atoms with van der Waals surface area (Å²) in [5.41, 5.74) is 14.4. The Balaban J connectivity index is 0.912. The average Bonchev–Trinajstić information content (AvgIpc) is 2.05. The van der Waals surface area contributed by atoms with E-state index in [1.165, 1.54) is 68.4 Å². The first-order valence-electron chi connectivity index (χ1n) is 29.4. The van der Waals surface area contributed by atoms with E-state index in [0.29, 0.717) is 0 Å². The highest BCUT2D eigenvalue weighted by Gasteiger charge is 2.59. The van der Waals surface area contributed by atoms with Crippen molar-refractivity contribution in [2.75, 3.05) is 9.80 Å². The van der Waals surface area contributed by atoms with E-state index in [4.69, 9.17) is 0 Å². The van der Waals surface area contributed by atoms with Gasteiger partial charge in [-0.1, -0.05) is 161 Å². The predicted octanol–water partition coefficient (Wildman–Crippen LogP) is 21.2. The lowest BCUT2D eigenvalue weighted by molar-refractivity contribution is -0.138. The van der Waals surface area contributed by atoms with Crippen molar-refractivity contribution in [1.29, 1.82) is 0 Å². The number of hydrogen-bond donors (Lipinski definition) is 0. The van der Waals surface area contributed by atoms with Crippen molar-refractivity contribution >= 4 is 44.3 Å². The van der Waals surface area contributed by atoms with Crippen LogP contribution in [0.15, 0.2) is 206 Å². The largest absolute Gasteiger partial charge is 0.416 e. The van der Waals surface area contributed by atoms with E-state index in [1.807, 2.05) is 0 Å². The average molecular weight is 1110 g/mol. The monoisotopic (exact) mass is 1100 g/mol. The van der Waals surface area contributed by atoms with Gasteiger partial charge in [0.1, 0.15) is 0 Å². The first-order chi connectivity index (χ1) is 39.9. The number of alkyl halides is 6. The molecule has 0 aromatic heterocycles. The Labute approximate surface area is 481 Å². The summed E-state index contributed by atoms with van der Waals surface area (Å²) in [5.74, 6) is 0. The van der Waals surface area contributed by atoms with Crippen molar-refractivity contribution in [3.63, 3.8) is 0 Å². The molecule has 2 aliphatic heterocycles. The lowest BCUT2D eigenvalue weighted by Crippen LogP contribution is -2.54. The summed E-state index contributed by atoms with van der Waals surface area (Å²) in [6.07, 6.45) is -0.785. The molecule has 2 fully saturated rings. The van der Waals surface area contributed by atoms with Gasteiger partial charge in [0.15, 0.2) is 0 Å². The van der Waals surface area contributed by atoms with E-state index in [2.05, 4.69) is 195 Å². The fourth-order valence-corrected chi connectivity index (χ4v) is 16.8. The second-order valence-corrected chi connectivity index (χ2v) is 25.1. The SMILES string of the molecule is CC12CCCCC1(C)N(c1ccc(C(F)(F)F)cc1)c1ccc(-c3ccc4c(c3)C(c3ccccc3)(c3ccccc3)c3c-4c4ccccc4c4cc(-c5ccc6c(c5)C5(C)CCCCC5(C)N6c5ccc(C(F)(F)F)cc5)ccc34)cc12. The summed E-state index contributed by atoms with van der Waals surface area (Å²) in [7, 11) is 0. The van der Waals surface area contributed by atoms with Crippen LogP contribution in [0.4, 0.5) is 49.1 Å². The summed E-state index contributed by atoms with van der Waals surface area (Å²) in [6, 6.07) is 69.9. The smallest absolute Gasteiger partial charge is 0.334 e. The van der Waals surface area contributed by atoms with E-state index < -0.39 is 28.9 Å². The third-order valence-electron chi connectivity index (χ3n) is 21.3. The van der Waals surface area contributed by atoms with Crippen LogP contribution in [-0.2, 0) is 28.6 Å². The third-order valence-corrected chi connectivity index (χ3v) is 21.3. The number of nitrogens with zero attached hydrogens (tertiary/aromatic N) is 2. The van der Waals surface area contributed by atoms with Crippen LogP contribution in [-0.4, -0.2) is 11.1 Å². The van der Waals surface area contributed by atoms with E-state index in [-0.39, 0.29) is 21.9 Å². The van der Waals surface area contributed by atoms with Gasteiger partial charge in [-0.05, 0) is 213 Å². The first kappa shape index (κ1) is 51.8. The van der Waals surface area contributed by atoms with E-state index in [9.17, 15) is 26.3 Å². The van der Waals surface area contributed by atoms with Crippen molar-refractivity contribution in [1.82, 2.24) is 0 Å². The number of hydrogen-bond acceptors (Lipinski definition) is 2. The van der Waals surface area contributed by atoms with Crippen LogP contribution < -0.4 is 9.80 Å². The quantitative estimate of drug-likeness (QED) is 0.121. The zero-order valence-corrected chi connectivity index (χ0v) is 46.9. The molecule has 15 rings (SSSR count). The molecule has 0 spiro atoms. The lowest BCUT2D eigenvalue weighted by Gasteiger charge is -2.50. The summed E-state index contributed by atoms with van der Waals surface area (Å²) in [4.78, 5) is 4.66. The minimum atomic E-state index is -4.42. The van der Waals surface area contributed by atoms with Gasteiger partial charge in [-0.2, -0.15) is 26.3 Å². The molecule has 3 aliphatic carbocycles. The molecule has 2 heterocycles. The second-order valence-electron chi connectivity index (χ2n) is 25.1. The summed E-state index contributed by atoms with van der Waals surface area (Å²) >= 11 is 0. The molecule has 2 nitrogen and oxygen atoms in total. The Morgan fingerprint density at radius 1 is 0.361 bits per heavy atom. The standard InChI is InChI=1S/C75H62F6N2/c1-69-39-13-15-41-71(69,3)82(55-31-27-53(28-32-55)74(76,77)78)65-37-25-49(45-63(65)69)47-23-35-59-61(43-47)57-21-11-12-22-58(57)67-60-36-24-48(44-62(60)73(68(59)67,51-17-7-5-8-18-51)52-19-9-6-10-20-52)50-26-38-66-64(46-50)70(2)40-14-16-42-72(70,4)83(66)56-33-29-54(30-34-56)75(79,80)81/h5-12,17-38,43-46H,13-16,39-42H2,1-4H3. The van der Waals surface area contributed by atoms with Gasteiger partial charge in [-0.25, -0.2) is 0 Å². The van der Waals surface area contributed by atoms with Crippen LogP contribution in [0.5, 0.6) is 0 Å². The van der Waals surface area contributed by atoms with E-state index in [0.717, 1.165) is 118 Å². The van der Waals surface area contributed by atoms with Gasteiger partial charge in [0, 0.05) is 33.6 Å². The molecule has 0 saturated heterocycles. The van der Waals surface area contributed by atoms with Crippen molar-refractivity contribution in [3.8, 4) is 33.4 Å². The zero-order chi connectivity index (χ0) is 57.1. The van der Waals surface area contributed by atoms with Gasteiger partial charge < -0.3 is 9.80 Å². The highest BCUT2D eigenvalue weighted by molar-refractivity contribution is 6.20. The molecule has 0 radical (unpaired) electrons. The molecule has 414 valence electrons. The normalized spacial score (nSPS) is 23.2. The maximum absolute atomic E-state index is 13.9. The molecule has 5 aliphatic rings. The van der Waals surface area contributed by atoms with Crippen LogP contribution in [0.3, 0.4) is 0 Å². The van der Waals surface area contributed by atoms with Gasteiger partial charge in [-0.15, -0.1) is 0 Å². The molecule has 0 bridgehead atoms. The highest BCUT2D eigenvalue weighted by Crippen LogP contribution is 2.65. The topological polar surface area (TPSA) is 6.48 Å². The Morgan fingerprint density at radius 2 is 0.771 bits per heavy atom. The Bertz CT molecular complexity index is 4220. The molecule has 4 atom stereocenters. The van der Waals surface area contributed by atoms with Gasteiger partial charge in [0.25, 0.3) is 0 Å². The number of anilines is 4. The third kappa shape index (κ3) is 7.17. The first-order valence-corrected chi connectivity index (χ1v) is 29.4. The van der Waals surface area contributed by atoms with Gasteiger partial charge in [0.2, 0.25) is 0 Å². The molecule has 10 aromatic carbocycles. The number of halogens is 6. The molecule has 83 heavy (non-hydrogen) atoms. The van der Waals surface area contributed by atoms with Crippen molar-refractivity contribution in [2.45, 2.75) is 119 Å². The molecular weight excluding hydrogens is 1040 g/mol. The molecule has 2 saturated carbocycles. The van der Waals surface area contributed by atoms with E-state index in [1.54, 1.807) is 24.3 Å². The zero-order valence-electron chi connectivity index (χ0n) is 46.9. The summed E-state index contributed by atoms with van der Waals surface area (Å²) in [6.45, 7) is 9.34. The Morgan fingerprint density at radius 3 is 1.25 bits per heavy atom. The highest BCUT2D eigenvalue weighted by atomic mass is 19.4. The molecule has 0 N–H and O–H groups in total. The maximum Gasteiger partial charge on any atom is 0.416 e. The molecular formula is C75H62F6N2. The molecule has 4 unspecified atom stereocenters. The summed E-state index contributed by atoms with van der Waals surface area (Å²) in [5, 5.41) is 4.66. The fraction of sp³-hybridized carbons (Fsp3) is 0.253. The Kier molecular flexibility index (Phi) is 11.2. The molecule has 8 heteroatoms. The Hall–Kier alpha value is -8.10. The molecule has 10 aromatic rings. The van der Waals surface area contributed by atoms with Crippen LogP contribution in [0.25, 0.3) is 54.9 Å². The second kappa shape index (κ2) is 18.0. The van der Waals surface area contributed by atoms with Crippen molar-refractivity contribution in [2.24, 2.45) is 0 Å². The van der Waals surface area contributed by atoms with Gasteiger partial charge >= 0.3 is 12.4 Å². The minimum Gasteiger partial charge on any atom is -0.334 e.